The Bertz CT molecular complexity index is 542. The van der Waals surface area contributed by atoms with Gasteiger partial charge < -0.3 is 10.3 Å². The first-order valence-corrected chi connectivity index (χ1v) is 6.50. The first kappa shape index (κ1) is 13.3. The minimum Gasteiger partial charge on any atom is -0.388 e. The van der Waals surface area contributed by atoms with Crippen LogP contribution in [0.25, 0.3) is 0 Å². The molecule has 0 spiro atoms. The Balaban J connectivity index is 2.43. The molecule has 19 heavy (non-hydrogen) atoms. The average molecular weight is 256 g/mol. The highest BCUT2D eigenvalue weighted by Crippen LogP contribution is 2.26. The van der Waals surface area contributed by atoms with Gasteiger partial charge in [0.2, 0.25) is 0 Å². The molecule has 1 unspecified atom stereocenters. The van der Waals surface area contributed by atoms with Crippen molar-refractivity contribution >= 4 is 5.84 Å². The van der Waals surface area contributed by atoms with Crippen LogP contribution in [0.1, 0.15) is 43.6 Å². The zero-order chi connectivity index (χ0) is 13.8. The second-order valence-corrected chi connectivity index (χ2v) is 5.00. The molecule has 0 saturated heterocycles. The van der Waals surface area contributed by atoms with Crippen molar-refractivity contribution < 1.29 is 0 Å². The van der Waals surface area contributed by atoms with E-state index in [-0.39, 0.29) is 11.9 Å². The molecule has 0 radical (unpaired) electrons. The average Bonchev–Trinajstić information content (AvgIpc) is 2.86. The monoisotopic (exact) mass is 256 g/mol. The van der Waals surface area contributed by atoms with Gasteiger partial charge in [0.1, 0.15) is 5.82 Å². The molecule has 1 aromatic carbocycles. The highest BCUT2D eigenvalue weighted by atomic mass is 15.1. The number of rotatable bonds is 5. The second kappa shape index (κ2) is 5.69. The summed E-state index contributed by atoms with van der Waals surface area (Å²) in [6.07, 6.45) is 4.28. The molecule has 3 N–H and O–H groups in total. The number of imidazole rings is 1. The van der Waals surface area contributed by atoms with E-state index in [1.807, 2.05) is 30.6 Å². The standard InChI is InChI=1S/C15H20N4/c1-11(2)15-18-8-9-19(15)13(10-14(16)17)12-6-4-3-5-7-12/h3-9,11,13H,10H2,1-2H3,(H3,16,17). The highest BCUT2D eigenvalue weighted by Gasteiger charge is 2.19. The fourth-order valence-corrected chi connectivity index (χ4v) is 2.30. The van der Waals surface area contributed by atoms with Crippen LogP contribution in [0, 0.1) is 5.41 Å². The molecule has 4 nitrogen and oxygen atoms in total. The minimum absolute atomic E-state index is 0.0404. The summed E-state index contributed by atoms with van der Waals surface area (Å²) in [6.45, 7) is 4.24. The normalized spacial score (nSPS) is 12.6. The highest BCUT2D eigenvalue weighted by molar-refractivity contribution is 5.77. The fraction of sp³-hybridized carbons (Fsp3) is 0.333. The van der Waals surface area contributed by atoms with Gasteiger partial charge in [-0.15, -0.1) is 0 Å². The molecule has 2 rings (SSSR count). The zero-order valence-electron chi connectivity index (χ0n) is 11.4. The fourth-order valence-electron chi connectivity index (χ4n) is 2.30. The van der Waals surface area contributed by atoms with E-state index in [1.54, 1.807) is 0 Å². The smallest absolute Gasteiger partial charge is 0.111 e. The second-order valence-electron chi connectivity index (χ2n) is 5.00. The summed E-state index contributed by atoms with van der Waals surface area (Å²) in [5, 5.41) is 7.60. The molecule has 0 amide bonds. The van der Waals surface area contributed by atoms with Gasteiger partial charge in [-0.05, 0) is 5.56 Å². The summed E-state index contributed by atoms with van der Waals surface area (Å²) in [5.74, 6) is 1.56. The van der Waals surface area contributed by atoms with Gasteiger partial charge in [0.25, 0.3) is 0 Å². The van der Waals surface area contributed by atoms with Crippen molar-refractivity contribution in [3.8, 4) is 0 Å². The van der Waals surface area contributed by atoms with Gasteiger partial charge in [0.15, 0.2) is 0 Å². The third kappa shape index (κ3) is 3.02. The van der Waals surface area contributed by atoms with Crippen molar-refractivity contribution in [3.05, 3.63) is 54.1 Å². The quantitative estimate of drug-likeness (QED) is 0.638. The minimum atomic E-state index is 0.0404. The van der Waals surface area contributed by atoms with Crippen LogP contribution in [0.3, 0.4) is 0 Å². The lowest BCUT2D eigenvalue weighted by atomic mass is 10.0. The SMILES string of the molecule is CC(C)c1nccn1C(CC(=N)N)c1ccccc1. The number of nitrogens with zero attached hydrogens (tertiary/aromatic N) is 2. The summed E-state index contributed by atoms with van der Waals surface area (Å²) in [5.41, 5.74) is 6.76. The van der Waals surface area contributed by atoms with Crippen molar-refractivity contribution in [2.75, 3.05) is 0 Å². The lowest BCUT2D eigenvalue weighted by Crippen LogP contribution is -2.21. The lowest BCUT2D eigenvalue weighted by Gasteiger charge is -2.22. The van der Waals surface area contributed by atoms with Crippen LogP contribution < -0.4 is 5.73 Å². The van der Waals surface area contributed by atoms with E-state index in [1.165, 1.54) is 0 Å². The van der Waals surface area contributed by atoms with Gasteiger partial charge >= 0.3 is 0 Å². The molecular formula is C15H20N4. The summed E-state index contributed by atoms with van der Waals surface area (Å²) in [7, 11) is 0. The largest absolute Gasteiger partial charge is 0.388 e. The van der Waals surface area contributed by atoms with E-state index in [4.69, 9.17) is 11.1 Å². The molecule has 1 heterocycles. The molecular weight excluding hydrogens is 236 g/mol. The molecule has 1 atom stereocenters. The predicted molar refractivity (Wildman–Crippen MR) is 77.4 cm³/mol. The number of benzene rings is 1. The van der Waals surface area contributed by atoms with Crippen molar-refractivity contribution in [3.63, 3.8) is 0 Å². The molecule has 0 aliphatic heterocycles. The van der Waals surface area contributed by atoms with Gasteiger partial charge in [-0.2, -0.15) is 0 Å². The molecule has 1 aromatic heterocycles. The Morgan fingerprint density at radius 3 is 2.58 bits per heavy atom. The van der Waals surface area contributed by atoms with Crippen molar-refractivity contribution in [2.24, 2.45) is 5.73 Å². The van der Waals surface area contributed by atoms with Crippen LogP contribution in [0.5, 0.6) is 0 Å². The van der Waals surface area contributed by atoms with Gasteiger partial charge in [-0.1, -0.05) is 44.2 Å². The molecule has 0 bridgehead atoms. The molecule has 2 aromatic rings. The number of nitrogens with one attached hydrogen (secondary N) is 1. The number of hydrogen-bond acceptors (Lipinski definition) is 2. The summed E-state index contributed by atoms with van der Waals surface area (Å²) < 4.78 is 2.13. The lowest BCUT2D eigenvalue weighted by molar-refractivity contribution is 0.553. The van der Waals surface area contributed by atoms with E-state index in [0.29, 0.717) is 12.3 Å². The van der Waals surface area contributed by atoms with Crippen LogP contribution in [0.2, 0.25) is 0 Å². The third-order valence-corrected chi connectivity index (χ3v) is 3.15. The predicted octanol–water partition coefficient (Wildman–Crippen LogP) is 2.92. The van der Waals surface area contributed by atoms with Crippen LogP contribution in [0.4, 0.5) is 0 Å². The van der Waals surface area contributed by atoms with E-state index in [9.17, 15) is 0 Å². The molecule has 0 aliphatic rings. The Kier molecular flexibility index (Phi) is 4.00. The number of hydrogen-bond donors (Lipinski definition) is 2. The maximum atomic E-state index is 7.60. The molecule has 0 fully saturated rings. The van der Waals surface area contributed by atoms with Gasteiger partial charge in [0.05, 0.1) is 11.9 Å². The van der Waals surface area contributed by atoms with Crippen molar-refractivity contribution in [1.29, 1.82) is 5.41 Å². The van der Waals surface area contributed by atoms with Crippen molar-refractivity contribution in [1.82, 2.24) is 9.55 Å². The topological polar surface area (TPSA) is 67.7 Å². The summed E-state index contributed by atoms with van der Waals surface area (Å²) in [4.78, 5) is 4.42. The number of amidine groups is 1. The third-order valence-electron chi connectivity index (χ3n) is 3.15. The maximum Gasteiger partial charge on any atom is 0.111 e. The van der Waals surface area contributed by atoms with Gasteiger partial charge in [-0.3, -0.25) is 5.41 Å². The molecule has 4 heteroatoms. The van der Waals surface area contributed by atoms with Gasteiger partial charge in [-0.25, -0.2) is 4.98 Å². The first-order chi connectivity index (χ1) is 9.09. The summed E-state index contributed by atoms with van der Waals surface area (Å²) in [6, 6.07) is 10.2. The number of aromatic nitrogens is 2. The van der Waals surface area contributed by atoms with E-state index in [0.717, 1.165) is 11.4 Å². The molecule has 0 saturated carbocycles. The van der Waals surface area contributed by atoms with Gasteiger partial charge in [0, 0.05) is 24.7 Å². The van der Waals surface area contributed by atoms with Crippen LogP contribution in [-0.2, 0) is 0 Å². The summed E-state index contributed by atoms with van der Waals surface area (Å²) >= 11 is 0. The Hall–Kier alpha value is -2.10. The Labute approximate surface area is 113 Å². The zero-order valence-corrected chi connectivity index (χ0v) is 11.4. The first-order valence-electron chi connectivity index (χ1n) is 6.50. The molecule has 0 aliphatic carbocycles. The van der Waals surface area contributed by atoms with Crippen LogP contribution in [-0.4, -0.2) is 15.4 Å². The Morgan fingerprint density at radius 1 is 1.32 bits per heavy atom. The van der Waals surface area contributed by atoms with Crippen LogP contribution >= 0.6 is 0 Å². The van der Waals surface area contributed by atoms with E-state index < -0.39 is 0 Å². The van der Waals surface area contributed by atoms with E-state index in [2.05, 4.69) is 35.5 Å². The van der Waals surface area contributed by atoms with Crippen LogP contribution in [0.15, 0.2) is 42.7 Å². The van der Waals surface area contributed by atoms with Crippen molar-refractivity contribution in [2.45, 2.75) is 32.2 Å². The van der Waals surface area contributed by atoms with E-state index >= 15 is 0 Å². The Morgan fingerprint density at radius 2 is 2.00 bits per heavy atom. The molecule has 100 valence electrons. The number of nitrogens with two attached hydrogens (primary N) is 1. The maximum absolute atomic E-state index is 7.60.